The highest BCUT2D eigenvalue weighted by Gasteiger charge is 2.80. The molecule has 0 amide bonds. The zero-order valence-corrected chi connectivity index (χ0v) is 20.9. The zero-order chi connectivity index (χ0) is 24.4. The Bertz CT molecular complexity index is 905. The minimum atomic E-state index is -2.24. The van der Waals surface area contributed by atoms with E-state index in [2.05, 4.69) is 27.7 Å². The Balaban J connectivity index is 1.52. The Morgan fingerprint density at radius 3 is 2.47 bits per heavy atom. The van der Waals surface area contributed by atoms with Crippen LogP contribution in [-0.4, -0.2) is 76.4 Å². The molecule has 5 fully saturated rings. The number of methoxy groups -OCH3 is 1. The van der Waals surface area contributed by atoms with Crippen molar-refractivity contribution in [3.63, 3.8) is 0 Å². The van der Waals surface area contributed by atoms with E-state index in [0.29, 0.717) is 18.8 Å². The van der Waals surface area contributed by atoms with Gasteiger partial charge in [0.25, 0.3) is 0 Å². The maximum atomic E-state index is 12.1. The van der Waals surface area contributed by atoms with Crippen LogP contribution in [0.25, 0.3) is 0 Å². The van der Waals surface area contributed by atoms with Gasteiger partial charge in [0.1, 0.15) is 6.10 Å². The normalized spacial score (nSPS) is 58.4. The molecule has 0 spiro atoms. The molecule has 8 nitrogen and oxygen atoms in total. The molecule has 4 N–H and O–H groups in total. The van der Waals surface area contributed by atoms with Gasteiger partial charge in [0.15, 0.2) is 18.2 Å². The second-order valence-electron chi connectivity index (χ2n) is 12.5. The van der Waals surface area contributed by atoms with Gasteiger partial charge in [0.05, 0.1) is 18.8 Å². The van der Waals surface area contributed by atoms with Gasteiger partial charge in [-0.2, -0.15) is 0 Å². The van der Waals surface area contributed by atoms with Gasteiger partial charge in [-0.15, -0.1) is 0 Å². The highest BCUT2D eigenvalue weighted by Crippen LogP contribution is 2.69. The maximum absolute atomic E-state index is 12.1. The SMILES string of the molecule is CO[C@H]1O[C@@]2(O)[C@H](O)CO[C@H]3O[C@H]4[C@@H]([C@@H]1CC[C@@H]1C5=C(C(C)C)C[C@H](O)[C@]5(C)CC[C@]14C)[C@]32O. The van der Waals surface area contributed by atoms with Crippen LogP contribution in [-0.2, 0) is 18.9 Å². The van der Waals surface area contributed by atoms with E-state index < -0.39 is 42.1 Å². The van der Waals surface area contributed by atoms with E-state index in [9.17, 15) is 20.4 Å². The Morgan fingerprint density at radius 2 is 1.79 bits per heavy atom. The summed E-state index contributed by atoms with van der Waals surface area (Å²) in [4.78, 5) is 0. The maximum Gasteiger partial charge on any atom is 0.231 e. The molecule has 0 unspecified atom stereocenters. The molecule has 6 aliphatic rings. The molecule has 0 aromatic rings. The van der Waals surface area contributed by atoms with Crippen LogP contribution in [0.5, 0.6) is 0 Å². The molecule has 3 aliphatic heterocycles. The molecule has 12 atom stereocenters. The monoisotopic (exact) mass is 480 g/mol. The van der Waals surface area contributed by atoms with E-state index >= 15 is 0 Å². The third-order valence-corrected chi connectivity index (χ3v) is 10.8. The smallest absolute Gasteiger partial charge is 0.231 e. The highest BCUT2D eigenvalue weighted by molar-refractivity contribution is 5.38. The lowest BCUT2D eigenvalue weighted by molar-refractivity contribution is -0.462. The van der Waals surface area contributed by atoms with Crippen molar-refractivity contribution in [3.05, 3.63) is 11.1 Å². The molecule has 3 aliphatic carbocycles. The summed E-state index contributed by atoms with van der Waals surface area (Å²) in [6.07, 6.45) is -0.143. The highest BCUT2D eigenvalue weighted by atomic mass is 16.8. The minimum absolute atomic E-state index is 0.163. The Kier molecular flexibility index (Phi) is 5.08. The van der Waals surface area contributed by atoms with Crippen LogP contribution in [0.3, 0.4) is 0 Å². The fourth-order valence-corrected chi connectivity index (χ4v) is 8.87. The molecule has 34 heavy (non-hydrogen) atoms. The summed E-state index contributed by atoms with van der Waals surface area (Å²) >= 11 is 0. The van der Waals surface area contributed by atoms with Crippen molar-refractivity contribution >= 4 is 0 Å². The topological polar surface area (TPSA) is 118 Å². The molecular weight excluding hydrogens is 440 g/mol. The summed E-state index contributed by atoms with van der Waals surface area (Å²) in [6, 6.07) is 0. The zero-order valence-electron chi connectivity index (χ0n) is 20.9. The van der Waals surface area contributed by atoms with Crippen molar-refractivity contribution in [3.8, 4) is 0 Å². The van der Waals surface area contributed by atoms with Gasteiger partial charge in [0.2, 0.25) is 5.79 Å². The lowest BCUT2D eigenvalue weighted by atomic mass is 9.52. The fraction of sp³-hybridized carbons (Fsp3) is 0.923. The first-order chi connectivity index (χ1) is 15.9. The molecule has 2 saturated carbocycles. The van der Waals surface area contributed by atoms with E-state index in [1.54, 1.807) is 0 Å². The van der Waals surface area contributed by atoms with Crippen LogP contribution in [0.2, 0.25) is 0 Å². The van der Waals surface area contributed by atoms with Crippen LogP contribution in [0.15, 0.2) is 11.1 Å². The first kappa shape index (κ1) is 23.8. The first-order valence-corrected chi connectivity index (χ1v) is 13.0. The Morgan fingerprint density at radius 1 is 1.06 bits per heavy atom. The summed E-state index contributed by atoms with van der Waals surface area (Å²) in [7, 11) is 1.54. The van der Waals surface area contributed by atoms with Crippen LogP contribution >= 0.6 is 0 Å². The molecule has 6 rings (SSSR count). The Labute approximate surface area is 201 Å². The molecule has 0 bridgehead atoms. The largest absolute Gasteiger partial charge is 0.392 e. The van der Waals surface area contributed by atoms with E-state index in [1.807, 2.05) is 0 Å². The van der Waals surface area contributed by atoms with E-state index in [1.165, 1.54) is 18.3 Å². The fourth-order valence-electron chi connectivity index (χ4n) is 8.87. The number of hydrogen-bond donors (Lipinski definition) is 4. The van der Waals surface area contributed by atoms with E-state index in [-0.39, 0.29) is 35.4 Å². The number of ether oxygens (including phenoxy) is 4. The molecule has 192 valence electrons. The van der Waals surface area contributed by atoms with Crippen molar-refractivity contribution < 1.29 is 39.4 Å². The molecule has 8 heteroatoms. The lowest BCUT2D eigenvalue weighted by Crippen LogP contribution is -2.78. The van der Waals surface area contributed by atoms with Gasteiger partial charge >= 0.3 is 0 Å². The third kappa shape index (κ3) is 2.57. The van der Waals surface area contributed by atoms with Crippen molar-refractivity contribution in [1.82, 2.24) is 0 Å². The van der Waals surface area contributed by atoms with Gasteiger partial charge in [0, 0.05) is 29.8 Å². The van der Waals surface area contributed by atoms with Gasteiger partial charge in [-0.25, -0.2) is 0 Å². The van der Waals surface area contributed by atoms with Crippen molar-refractivity contribution in [2.24, 2.45) is 34.5 Å². The second kappa shape index (κ2) is 7.25. The van der Waals surface area contributed by atoms with E-state index in [0.717, 1.165) is 19.3 Å². The summed E-state index contributed by atoms with van der Waals surface area (Å²) in [5.41, 5.74) is 0.229. The number of hydrogen-bond acceptors (Lipinski definition) is 8. The van der Waals surface area contributed by atoms with Crippen molar-refractivity contribution in [2.75, 3.05) is 13.7 Å². The average Bonchev–Trinajstić information content (AvgIpc) is 3.20. The predicted octanol–water partition coefficient (Wildman–Crippen LogP) is 1.69. The summed E-state index contributed by atoms with van der Waals surface area (Å²) in [5, 5.41) is 45.5. The molecule has 3 saturated heterocycles. The predicted molar refractivity (Wildman–Crippen MR) is 120 cm³/mol. The molecule has 3 heterocycles. The summed E-state index contributed by atoms with van der Waals surface area (Å²) in [6.45, 7) is 8.67. The molecular formula is C26H40O8. The number of aliphatic hydroxyl groups is 4. The van der Waals surface area contributed by atoms with Gasteiger partial charge in [-0.1, -0.05) is 38.8 Å². The van der Waals surface area contributed by atoms with Gasteiger partial charge in [-0.05, 0) is 43.9 Å². The van der Waals surface area contributed by atoms with Crippen molar-refractivity contribution in [2.45, 2.75) is 102 Å². The van der Waals surface area contributed by atoms with E-state index in [4.69, 9.17) is 18.9 Å². The number of rotatable bonds is 2. The number of aliphatic hydroxyl groups excluding tert-OH is 2. The minimum Gasteiger partial charge on any atom is -0.392 e. The van der Waals surface area contributed by atoms with Crippen LogP contribution in [0.4, 0.5) is 0 Å². The lowest BCUT2D eigenvalue weighted by Gasteiger charge is -2.58. The molecule has 0 aromatic heterocycles. The summed E-state index contributed by atoms with van der Waals surface area (Å²) in [5.74, 6) is -2.49. The first-order valence-electron chi connectivity index (χ1n) is 13.0. The Hall–Kier alpha value is -0.580. The number of fused-ring (bicyclic) bond motifs is 4. The quantitative estimate of drug-likeness (QED) is 0.441. The van der Waals surface area contributed by atoms with Crippen LogP contribution < -0.4 is 0 Å². The van der Waals surface area contributed by atoms with Crippen LogP contribution in [0.1, 0.15) is 59.8 Å². The van der Waals surface area contributed by atoms with Crippen molar-refractivity contribution in [1.29, 1.82) is 0 Å². The second-order valence-corrected chi connectivity index (χ2v) is 12.5. The van der Waals surface area contributed by atoms with Gasteiger partial charge < -0.3 is 39.4 Å². The molecule has 0 aromatic carbocycles. The molecule has 0 radical (unpaired) electrons. The van der Waals surface area contributed by atoms with Crippen LogP contribution in [0, 0.1) is 34.5 Å². The average molecular weight is 481 g/mol. The third-order valence-electron chi connectivity index (χ3n) is 10.8. The summed E-state index contributed by atoms with van der Waals surface area (Å²) < 4.78 is 24.0. The van der Waals surface area contributed by atoms with Gasteiger partial charge in [-0.3, -0.25) is 0 Å². The standard InChI is InChI=1S/C26H40O8/c1-12(2)14-10-16(27)24(4)9-8-23(3)15(18(14)24)7-6-13-19-20(23)33-22-25(19,29)26(30,17(28)11-32-22)34-21(13)31-5/h12-13,15-17,19-22,27-30H,6-11H2,1-5H3/t13-,15+,16-,17+,19+,20-,21-,22-,23+,24-,25-,26-/m0/s1.